The number of hydrogen-bond donors (Lipinski definition) is 1. The number of benzene rings is 2. The Kier molecular flexibility index (Phi) is 5.51. The lowest BCUT2D eigenvalue weighted by atomic mass is 9.95. The number of amides is 1. The summed E-state index contributed by atoms with van der Waals surface area (Å²) < 4.78 is 0. The van der Waals surface area contributed by atoms with E-state index in [9.17, 15) is 14.9 Å². The third kappa shape index (κ3) is 4.02. The number of para-hydroxylation sites is 2. The molecule has 1 aliphatic heterocycles. The van der Waals surface area contributed by atoms with E-state index in [1.165, 1.54) is 11.6 Å². The number of rotatable bonds is 5. The van der Waals surface area contributed by atoms with E-state index in [0.717, 1.165) is 12.1 Å². The maximum absolute atomic E-state index is 12.5. The van der Waals surface area contributed by atoms with Crippen molar-refractivity contribution in [2.75, 3.05) is 23.3 Å². The molecule has 136 valence electrons. The second-order valence-electron chi connectivity index (χ2n) is 6.55. The fourth-order valence-electron chi connectivity index (χ4n) is 3.38. The summed E-state index contributed by atoms with van der Waals surface area (Å²) >= 11 is 0. The molecule has 2 aromatic carbocycles. The van der Waals surface area contributed by atoms with Crippen molar-refractivity contribution in [1.29, 1.82) is 0 Å². The van der Waals surface area contributed by atoms with Gasteiger partial charge in [-0.05, 0) is 43.0 Å². The lowest BCUT2D eigenvalue weighted by Gasteiger charge is -2.32. The molecule has 1 saturated heterocycles. The van der Waals surface area contributed by atoms with Crippen LogP contribution in [0.3, 0.4) is 0 Å². The first-order valence-electron chi connectivity index (χ1n) is 8.96. The summed E-state index contributed by atoms with van der Waals surface area (Å²) in [4.78, 5) is 25.4. The van der Waals surface area contributed by atoms with Gasteiger partial charge in [0.05, 0.1) is 4.92 Å². The summed E-state index contributed by atoms with van der Waals surface area (Å²) in [6.07, 6.45) is 2.30. The minimum absolute atomic E-state index is 0.0282. The molecule has 0 aromatic heterocycles. The Balaban J connectivity index is 1.61. The summed E-state index contributed by atoms with van der Waals surface area (Å²) in [6, 6.07) is 14.7. The Morgan fingerprint density at radius 1 is 1.19 bits per heavy atom. The van der Waals surface area contributed by atoms with E-state index in [0.29, 0.717) is 31.6 Å². The minimum Gasteiger partial charge on any atom is -0.366 e. The van der Waals surface area contributed by atoms with Gasteiger partial charge in [-0.25, -0.2) is 0 Å². The average molecular weight is 353 g/mol. The van der Waals surface area contributed by atoms with E-state index < -0.39 is 0 Å². The Hall–Kier alpha value is -2.89. The van der Waals surface area contributed by atoms with E-state index in [1.54, 1.807) is 12.1 Å². The van der Waals surface area contributed by atoms with Crippen molar-refractivity contribution in [1.82, 2.24) is 0 Å². The zero-order chi connectivity index (χ0) is 18.5. The molecule has 0 bridgehead atoms. The molecule has 1 heterocycles. The Labute approximate surface area is 153 Å². The number of nitro groups is 1. The van der Waals surface area contributed by atoms with Gasteiger partial charge in [0.25, 0.3) is 5.69 Å². The van der Waals surface area contributed by atoms with Crippen LogP contribution in [0.25, 0.3) is 0 Å². The summed E-state index contributed by atoms with van der Waals surface area (Å²) in [5, 5.41) is 14.2. The van der Waals surface area contributed by atoms with Crippen molar-refractivity contribution in [3.05, 3.63) is 64.2 Å². The topological polar surface area (TPSA) is 75.5 Å². The minimum atomic E-state index is -0.352. The van der Waals surface area contributed by atoms with Gasteiger partial charge in [-0.3, -0.25) is 14.9 Å². The second-order valence-corrected chi connectivity index (χ2v) is 6.55. The van der Waals surface area contributed by atoms with Gasteiger partial charge in [-0.1, -0.05) is 31.2 Å². The molecule has 1 amide bonds. The molecule has 0 radical (unpaired) electrons. The number of aryl methyl sites for hydroxylation is 1. The van der Waals surface area contributed by atoms with Crippen LogP contribution >= 0.6 is 0 Å². The Morgan fingerprint density at radius 2 is 1.92 bits per heavy atom. The Bertz CT molecular complexity index is 798. The lowest BCUT2D eigenvalue weighted by molar-refractivity contribution is -0.384. The molecular formula is C20H23N3O3. The maximum atomic E-state index is 12.5. The van der Waals surface area contributed by atoms with E-state index in [-0.39, 0.29) is 22.4 Å². The second kappa shape index (κ2) is 7.99. The third-order valence-electron chi connectivity index (χ3n) is 4.89. The summed E-state index contributed by atoms with van der Waals surface area (Å²) in [5.74, 6) is -0.0419. The van der Waals surface area contributed by atoms with Crippen LogP contribution in [0.5, 0.6) is 0 Å². The predicted octanol–water partition coefficient (Wildman–Crippen LogP) is 4.01. The van der Waals surface area contributed by atoms with Crippen LogP contribution in [0.1, 0.15) is 25.3 Å². The third-order valence-corrected chi connectivity index (χ3v) is 4.89. The molecule has 6 nitrogen and oxygen atoms in total. The van der Waals surface area contributed by atoms with Crippen LogP contribution in [0.15, 0.2) is 48.5 Å². The van der Waals surface area contributed by atoms with Gasteiger partial charge in [0.15, 0.2) is 0 Å². The fraction of sp³-hybridized carbons (Fsp3) is 0.350. The van der Waals surface area contributed by atoms with Gasteiger partial charge in [0.2, 0.25) is 5.91 Å². The summed E-state index contributed by atoms with van der Waals surface area (Å²) in [5.41, 5.74) is 2.77. The number of carbonyl (C=O) groups is 1. The SMILES string of the molecule is CCc1cccc(NC(=O)C2CCN(c3ccccc3[N+](=O)[O-])CC2)c1. The average Bonchev–Trinajstić information content (AvgIpc) is 2.68. The van der Waals surface area contributed by atoms with Gasteiger partial charge in [-0.2, -0.15) is 0 Å². The molecule has 1 fully saturated rings. The van der Waals surface area contributed by atoms with Crippen LogP contribution < -0.4 is 10.2 Å². The van der Waals surface area contributed by atoms with E-state index in [4.69, 9.17) is 0 Å². The maximum Gasteiger partial charge on any atom is 0.292 e. The highest BCUT2D eigenvalue weighted by atomic mass is 16.6. The zero-order valence-electron chi connectivity index (χ0n) is 14.9. The number of nitrogens with zero attached hydrogens (tertiary/aromatic N) is 2. The van der Waals surface area contributed by atoms with Gasteiger partial charge < -0.3 is 10.2 Å². The highest BCUT2D eigenvalue weighted by molar-refractivity contribution is 5.92. The van der Waals surface area contributed by atoms with Crippen molar-refractivity contribution >= 4 is 23.0 Å². The standard InChI is InChI=1S/C20H23N3O3/c1-2-15-6-5-7-17(14-15)21-20(24)16-10-12-22(13-11-16)18-8-3-4-9-19(18)23(25)26/h3-9,14,16H,2,10-13H2,1H3,(H,21,24). The van der Waals surface area contributed by atoms with Crippen molar-refractivity contribution in [3.8, 4) is 0 Å². The number of hydrogen-bond acceptors (Lipinski definition) is 4. The molecule has 2 aromatic rings. The van der Waals surface area contributed by atoms with Crippen molar-refractivity contribution in [2.24, 2.45) is 5.92 Å². The number of piperidine rings is 1. The first-order valence-corrected chi connectivity index (χ1v) is 8.96. The molecule has 0 unspecified atom stereocenters. The zero-order valence-corrected chi connectivity index (χ0v) is 14.9. The van der Waals surface area contributed by atoms with E-state index in [2.05, 4.69) is 12.2 Å². The van der Waals surface area contributed by atoms with Crippen LogP contribution in [0.4, 0.5) is 17.1 Å². The molecule has 1 N–H and O–H groups in total. The number of nitro benzene ring substituents is 1. The number of anilines is 2. The largest absolute Gasteiger partial charge is 0.366 e. The van der Waals surface area contributed by atoms with Gasteiger partial charge in [0, 0.05) is 30.8 Å². The predicted molar refractivity (Wildman–Crippen MR) is 102 cm³/mol. The summed E-state index contributed by atoms with van der Waals surface area (Å²) in [6.45, 7) is 3.36. The molecule has 26 heavy (non-hydrogen) atoms. The van der Waals surface area contributed by atoms with E-state index >= 15 is 0 Å². The molecule has 0 atom stereocenters. The van der Waals surface area contributed by atoms with Gasteiger partial charge in [0.1, 0.15) is 5.69 Å². The quantitative estimate of drug-likeness (QED) is 0.651. The molecule has 0 aliphatic carbocycles. The molecule has 6 heteroatoms. The fourth-order valence-corrected chi connectivity index (χ4v) is 3.38. The molecule has 0 spiro atoms. The first kappa shape index (κ1) is 17.9. The van der Waals surface area contributed by atoms with Crippen molar-refractivity contribution in [2.45, 2.75) is 26.2 Å². The van der Waals surface area contributed by atoms with Crippen LogP contribution in [0, 0.1) is 16.0 Å². The first-order chi connectivity index (χ1) is 12.6. The number of nitrogens with one attached hydrogen (secondary N) is 1. The molecule has 1 aliphatic rings. The molecule has 3 rings (SSSR count). The van der Waals surface area contributed by atoms with Gasteiger partial charge >= 0.3 is 0 Å². The summed E-state index contributed by atoms with van der Waals surface area (Å²) in [7, 11) is 0. The highest BCUT2D eigenvalue weighted by Crippen LogP contribution is 2.31. The Morgan fingerprint density at radius 3 is 2.62 bits per heavy atom. The van der Waals surface area contributed by atoms with Crippen molar-refractivity contribution in [3.63, 3.8) is 0 Å². The van der Waals surface area contributed by atoms with Crippen molar-refractivity contribution < 1.29 is 9.72 Å². The normalized spacial score (nSPS) is 14.9. The van der Waals surface area contributed by atoms with Crippen LogP contribution in [-0.2, 0) is 11.2 Å². The van der Waals surface area contributed by atoms with Crippen LogP contribution in [-0.4, -0.2) is 23.9 Å². The molecular weight excluding hydrogens is 330 g/mol. The number of carbonyl (C=O) groups excluding carboxylic acids is 1. The van der Waals surface area contributed by atoms with E-state index in [1.807, 2.05) is 35.2 Å². The van der Waals surface area contributed by atoms with Crippen LogP contribution in [0.2, 0.25) is 0 Å². The monoisotopic (exact) mass is 353 g/mol. The van der Waals surface area contributed by atoms with Gasteiger partial charge in [-0.15, -0.1) is 0 Å². The lowest BCUT2D eigenvalue weighted by Crippen LogP contribution is -2.38. The molecule has 0 saturated carbocycles. The smallest absolute Gasteiger partial charge is 0.292 e. The highest BCUT2D eigenvalue weighted by Gasteiger charge is 2.28.